The first-order chi connectivity index (χ1) is 12.9. The lowest BCUT2D eigenvalue weighted by Crippen LogP contribution is -2.22. The molecule has 0 atom stereocenters. The van der Waals surface area contributed by atoms with E-state index < -0.39 is 24.5 Å². The second-order valence-corrected chi connectivity index (χ2v) is 7.60. The fraction of sp³-hybridized carbons (Fsp3) is 0.350. The minimum Gasteiger partial charge on any atom is -0.465 e. The van der Waals surface area contributed by atoms with Crippen LogP contribution in [0.4, 0.5) is 5.00 Å². The van der Waals surface area contributed by atoms with E-state index in [1.165, 1.54) is 18.4 Å². The number of aryl methyl sites for hydroxylation is 3. The summed E-state index contributed by atoms with van der Waals surface area (Å²) in [4.78, 5) is 37.7. The van der Waals surface area contributed by atoms with Crippen molar-refractivity contribution in [1.29, 1.82) is 0 Å². The minimum absolute atomic E-state index is 0.421. The van der Waals surface area contributed by atoms with E-state index in [1.54, 1.807) is 6.07 Å². The van der Waals surface area contributed by atoms with Crippen LogP contribution in [0, 0.1) is 13.8 Å². The van der Waals surface area contributed by atoms with E-state index in [2.05, 4.69) is 5.32 Å². The molecule has 0 bridgehead atoms. The van der Waals surface area contributed by atoms with Crippen molar-refractivity contribution >= 4 is 34.2 Å². The van der Waals surface area contributed by atoms with E-state index in [-0.39, 0.29) is 0 Å². The van der Waals surface area contributed by atoms with Gasteiger partial charge in [-0.15, -0.1) is 11.3 Å². The van der Waals surface area contributed by atoms with Crippen LogP contribution in [0.1, 0.15) is 48.7 Å². The Kier molecular flexibility index (Phi) is 5.60. The Bertz CT molecular complexity index is 915. The lowest BCUT2D eigenvalue weighted by Gasteiger charge is -2.09. The van der Waals surface area contributed by atoms with Gasteiger partial charge in [-0.25, -0.2) is 9.59 Å². The summed E-state index contributed by atoms with van der Waals surface area (Å²) >= 11 is 1.38. The number of methoxy groups -OCH3 is 1. The molecular weight excluding hydrogens is 366 g/mol. The molecule has 0 unspecified atom stereocenters. The molecule has 1 aromatic carbocycles. The van der Waals surface area contributed by atoms with Crippen molar-refractivity contribution in [2.24, 2.45) is 0 Å². The molecule has 1 aromatic heterocycles. The normalized spacial score (nSPS) is 12.4. The van der Waals surface area contributed by atoms with Gasteiger partial charge in [0.05, 0.1) is 18.2 Å². The average molecular weight is 387 g/mol. The molecule has 0 saturated carbocycles. The number of nitrogens with one attached hydrogen (secondary N) is 1. The number of carbonyl (C=O) groups is 3. The molecule has 1 heterocycles. The molecular formula is C20H21NO5S. The van der Waals surface area contributed by atoms with Crippen molar-refractivity contribution in [3.63, 3.8) is 0 Å². The maximum atomic E-state index is 12.3. The lowest BCUT2D eigenvalue weighted by molar-refractivity contribution is -0.119. The van der Waals surface area contributed by atoms with Crippen molar-refractivity contribution in [1.82, 2.24) is 0 Å². The predicted octanol–water partition coefficient (Wildman–Crippen LogP) is 3.44. The van der Waals surface area contributed by atoms with Gasteiger partial charge in [-0.3, -0.25) is 4.79 Å². The van der Waals surface area contributed by atoms with E-state index in [9.17, 15) is 14.4 Å². The molecule has 3 rings (SSSR count). The molecule has 6 nitrogen and oxygen atoms in total. The van der Waals surface area contributed by atoms with Crippen LogP contribution in [0.2, 0.25) is 0 Å². The third-order valence-electron chi connectivity index (χ3n) is 4.51. The van der Waals surface area contributed by atoms with Gasteiger partial charge in [0.15, 0.2) is 6.61 Å². The Morgan fingerprint density at radius 1 is 1.15 bits per heavy atom. The predicted molar refractivity (Wildman–Crippen MR) is 103 cm³/mol. The molecule has 0 radical (unpaired) electrons. The van der Waals surface area contributed by atoms with Gasteiger partial charge in [0.25, 0.3) is 5.91 Å². The Labute approximate surface area is 161 Å². The summed E-state index contributed by atoms with van der Waals surface area (Å²) in [6, 6.07) is 5.47. The number of rotatable bonds is 5. The number of benzene rings is 1. The molecule has 142 valence electrons. The van der Waals surface area contributed by atoms with Gasteiger partial charge in [0.2, 0.25) is 0 Å². The number of hydrogen-bond donors (Lipinski definition) is 1. The van der Waals surface area contributed by atoms with Gasteiger partial charge in [-0.1, -0.05) is 17.7 Å². The number of carbonyl (C=O) groups excluding carboxylic acids is 3. The molecule has 0 saturated heterocycles. The van der Waals surface area contributed by atoms with Crippen molar-refractivity contribution in [2.45, 2.75) is 33.1 Å². The van der Waals surface area contributed by atoms with E-state index in [0.29, 0.717) is 16.1 Å². The van der Waals surface area contributed by atoms with Crippen molar-refractivity contribution in [2.75, 3.05) is 19.0 Å². The van der Waals surface area contributed by atoms with Crippen molar-refractivity contribution in [3.05, 3.63) is 50.9 Å². The minimum atomic E-state index is -0.548. The van der Waals surface area contributed by atoms with Crippen molar-refractivity contribution < 1.29 is 23.9 Å². The molecule has 2 aromatic rings. The largest absolute Gasteiger partial charge is 0.465 e. The van der Waals surface area contributed by atoms with E-state index in [4.69, 9.17) is 9.47 Å². The first-order valence-electron chi connectivity index (χ1n) is 8.67. The molecule has 0 spiro atoms. The van der Waals surface area contributed by atoms with Crippen LogP contribution in [0.5, 0.6) is 0 Å². The summed E-state index contributed by atoms with van der Waals surface area (Å²) < 4.78 is 9.99. The van der Waals surface area contributed by atoms with Gasteiger partial charge in [-0.05, 0) is 50.3 Å². The number of thiophene rings is 1. The SMILES string of the molecule is COC(=O)c1c(NC(=O)COC(=O)c2cc(C)ccc2C)sc2c1CCC2. The Balaban J connectivity index is 1.67. The average Bonchev–Trinajstić information content (AvgIpc) is 3.21. The van der Waals surface area contributed by atoms with Crippen LogP contribution in [-0.4, -0.2) is 31.6 Å². The van der Waals surface area contributed by atoms with Crippen LogP contribution < -0.4 is 5.32 Å². The molecule has 1 aliphatic rings. The third-order valence-corrected chi connectivity index (χ3v) is 5.72. The smallest absolute Gasteiger partial charge is 0.341 e. The topological polar surface area (TPSA) is 81.7 Å². The highest BCUT2D eigenvalue weighted by atomic mass is 32.1. The number of fused-ring (bicyclic) bond motifs is 1. The molecule has 1 N–H and O–H groups in total. The number of anilines is 1. The molecule has 27 heavy (non-hydrogen) atoms. The number of esters is 2. The van der Waals surface area contributed by atoms with E-state index in [0.717, 1.165) is 40.8 Å². The van der Waals surface area contributed by atoms with Crippen LogP contribution in [0.15, 0.2) is 18.2 Å². The molecule has 7 heteroatoms. The summed E-state index contributed by atoms with van der Waals surface area (Å²) in [5.74, 6) is -1.50. The summed E-state index contributed by atoms with van der Waals surface area (Å²) in [7, 11) is 1.32. The zero-order chi connectivity index (χ0) is 19.6. The van der Waals surface area contributed by atoms with Crippen LogP contribution in [-0.2, 0) is 27.1 Å². The summed E-state index contributed by atoms with van der Waals surface area (Å²) in [6.45, 7) is 3.27. The quantitative estimate of drug-likeness (QED) is 0.795. The third kappa shape index (κ3) is 4.03. The van der Waals surface area contributed by atoms with Gasteiger partial charge in [-0.2, -0.15) is 0 Å². The Hall–Kier alpha value is -2.67. The summed E-state index contributed by atoms with van der Waals surface area (Å²) in [6.07, 6.45) is 2.68. The zero-order valence-electron chi connectivity index (χ0n) is 15.5. The fourth-order valence-electron chi connectivity index (χ4n) is 3.14. The van der Waals surface area contributed by atoms with Crippen molar-refractivity contribution in [3.8, 4) is 0 Å². The standard InChI is InChI=1S/C20H21NO5S/c1-11-7-8-12(2)14(9-11)19(23)26-10-16(22)21-18-17(20(24)25-3)13-5-4-6-15(13)27-18/h7-9H,4-6,10H2,1-3H3,(H,21,22). The molecule has 1 amide bonds. The first kappa shape index (κ1) is 19.1. The van der Waals surface area contributed by atoms with E-state index in [1.807, 2.05) is 26.0 Å². The van der Waals surface area contributed by atoms with Crippen LogP contribution in [0.3, 0.4) is 0 Å². The Morgan fingerprint density at radius 3 is 2.67 bits per heavy atom. The van der Waals surface area contributed by atoms with Crippen LogP contribution in [0.25, 0.3) is 0 Å². The Morgan fingerprint density at radius 2 is 1.93 bits per heavy atom. The maximum Gasteiger partial charge on any atom is 0.341 e. The molecule has 0 aliphatic heterocycles. The van der Waals surface area contributed by atoms with Gasteiger partial charge in [0, 0.05) is 4.88 Å². The highest BCUT2D eigenvalue weighted by Crippen LogP contribution is 2.39. The molecule has 1 aliphatic carbocycles. The second-order valence-electron chi connectivity index (χ2n) is 6.50. The van der Waals surface area contributed by atoms with Gasteiger partial charge < -0.3 is 14.8 Å². The highest BCUT2D eigenvalue weighted by molar-refractivity contribution is 7.17. The number of ether oxygens (including phenoxy) is 2. The monoisotopic (exact) mass is 387 g/mol. The first-order valence-corrected chi connectivity index (χ1v) is 9.49. The zero-order valence-corrected chi connectivity index (χ0v) is 16.3. The van der Waals surface area contributed by atoms with E-state index >= 15 is 0 Å². The number of amides is 1. The summed E-state index contributed by atoms with van der Waals surface area (Å²) in [5.41, 5.74) is 3.54. The lowest BCUT2D eigenvalue weighted by atomic mass is 10.1. The van der Waals surface area contributed by atoms with Crippen LogP contribution >= 0.6 is 11.3 Å². The fourth-order valence-corrected chi connectivity index (χ4v) is 4.43. The number of hydrogen-bond acceptors (Lipinski definition) is 6. The van der Waals surface area contributed by atoms with Gasteiger partial charge >= 0.3 is 11.9 Å². The molecule has 0 fully saturated rings. The second kappa shape index (κ2) is 7.92. The summed E-state index contributed by atoms with van der Waals surface area (Å²) in [5, 5.41) is 3.15. The highest BCUT2D eigenvalue weighted by Gasteiger charge is 2.28. The van der Waals surface area contributed by atoms with Gasteiger partial charge in [0.1, 0.15) is 5.00 Å². The maximum absolute atomic E-state index is 12.3.